The first-order chi connectivity index (χ1) is 8.77. The Kier molecular flexibility index (Phi) is 4.46. The van der Waals surface area contributed by atoms with Crippen molar-refractivity contribution in [1.29, 1.82) is 0 Å². The average molecular weight is 282 g/mol. The third kappa shape index (κ3) is 3.66. The highest BCUT2D eigenvalue weighted by atomic mass is 19.3. The average Bonchev–Trinajstić information content (AvgIpc) is 2.35. The lowest BCUT2D eigenvalue weighted by atomic mass is 10.3. The molecule has 0 amide bonds. The number of anilines is 2. The van der Waals surface area contributed by atoms with E-state index >= 15 is 0 Å². The van der Waals surface area contributed by atoms with Gasteiger partial charge in [-0.25, -0.2) is 13.8 Å². The van der Waals surface area contributed by atoms with Gasteiger partial charge >= 0.3 is 18.0 Å². The van der Waals surface area contributed by atoms with E-state index in [1.54, 1.807) is 0 Å². The van der Waals surface area contributed by atoms with Crippen molar-refractivity contribution in [1.82, 2.24) is 4.98 Å². The second-order valence-corrected chi connectivity index (χ2v) is 3.49. The van der Waals surface area contributed by atoms with Crippen LogP contribution < -0.4 is 10.6 Å². The van der Waals surface area contributed by atoms with Gasteiger partial charge in [-0.05, 0) is 6.07 Å². The second-order valence-electron chi connectivity index (χ2n) is 3.49. The molecule has 0 spiro atoms. The summed E-state index contributed by atoms with van der Waals surface area (Å²) >= 11 is 0. The number of nitrogens with zero attached hydrogens (tertiary/aromatic N) is 2. The Labute approximate surface area is 105 Å². The predicted octanol–water partition coefficient (Wildman–Crippen LogP) is 2.34. The van der Waals surface area contributed by atoms with Gasteiger partial charge in [0.15, 0.2) is 0 Å². The summed E-state index contributed by atoms with van der Waals surface area (Å²) < 4.78 is 49.4. The van der Waals surface area contributed by atoms with Gasteiger partial charge in [0.1, 0.15) is 5.82 Å². The van der Waals surface area contributed by atoms with Crippen LogP contribution in [0.2, 0.25) is 0 Å². The normalized spacial score (nSPS) is 11.5. The van der Waals surface area contributed by atoms with Gasteiger partial charge in [0.05, 0.1) is 11.5 Å². The van der Waals surface area contributed by atoms with Crippen molar-refractivity contribution in [2.24, 2.45) is 0 Å². The van der Waals surface area contributed by atoms with Gasteiger partial charge in [-0.3, -0.25) is 10.1 Å². The molecule has 0 unspecified atom stereocenters. The Hall–Kier alpha value is -2.13. The zero-order valence-corrected chi connectivity index (χ0v) is 9.66. The van der Waals surface area contributed by atoms with Gasteiger partial charge in [-0.2, -0.15) is 8.78 Å². The Balaban J connectivity index is 2.95. The summed E-state index contributed by atoms with van der Waals surface area (Å²) in [5.41, 5.74) is -0.580. The summed E-state index contributed by atoms with van der Waals surface area (Å²) in [6.07, 6.45) is -3.87. The molecule has 1 rings (SSSR count). The monoisotopic (exact) mass is 282 g/mol. The highest BCUT2D eigenvalue weighted by molar-refractivity contribution is 5.60. The molecule has 1 aromatic rings. The van der Waals surface area contributed by atoms with Crippen molar-refractivity contribution >= 4 is 17.3 Å². The molecule has 0 aromatic carbocycles. The number of pyridine rings is 1. The predicted molar refractivity (Wildman–Crippen MR) is 59.9 cm³/mol. The Morgan fingerprint density at radius 1 is 1.47 bits per heavy atom. The van der Waals surface area contributed by atoms with Crippen molar-refractivity contribution < 1.29 is 22.5 Å². The van der Waals surface area contributed by atoms with E-state index in [-0.39, 0.29) is 5.82 Å². The smallest absolute Gasteiger partial charge is 0.324 e. The quantitative estimate of drug-likeness (QED) is 0.475. The van der Waals surface area contributed by atoms with Crippen LogP contribution in [0, 0.1) is 10.1 Å². The molecular weight excluding hydrogens is 272 g/mol. The van der Waals surface area contributed by atoms with E-state index in [9.17, 15) is 27.7 Å². The van der Waals surface area contributed by atoms with Crippen LogP contribution in [0.1, 0.15) is 0 Å². The molecule has 19 heavy (non-hydrogen) atoms. The molecule has 1 aromatic heterocycles. The van der Waals surface area contributed by atoms with Gasteiger partial charge in [0.25, 0.3) is 0 Å². The van der Waals surface area contributed by atoms with Crippen molar-refractivity contribution in [3.8, 4) is 0 Å². The van der Waals surface area contributed by atoms with Crippen molar-refractivity contribution in [2.45, 2.75) is 12.3 Å². The zero-order chi connectivity index (χ0) is 14.6. The number of nitro groups is 1. The summed E-state index contributed by atoms with van der Waals surface area (Å²) in [6.45, 7) is -1.45. The molecule has 0 atom stereocenters. The minimum atomic E-state index is -4.30. The number of aromatic nitrogens is 1. The first-order valence-electron chi connectivity index (χ1n) is 5.01. The van der Waals surface area contributed by atoms with E-state index in [0.717, 1.165) is 6.07 Å². The Morgan fingerprint density at radius 2 is 2.11 bits per heavy atom. The molecule has 2 N–H and O–H groups in total. The van der Waals surface area contributed by atoms with E-state index in [0.29, 0.717) is 0 Å². The van der Waals surface area contributed by atoms with Gasteiger partial charge in [-0.1, -0.05) is 0 Å². The molecule has 10 heteroatoms. The molecule has 0 saturated heterocycles. The van der Waals surface area contributed by atoms with E-state index in [1.165, 1.54) is 13.1 Å². The summed E-state index contributed by atoms with van der Waals surface area (Å²) in [7, 11) is 1.46. The molecule has 106 valence electrons. The van der Waals surface area contributed by atoms with Crippen molar-refractivity contribution in [2.75, 3.05) is 24.2 Å². The number of nitrogens with one attached hydrogen (secondary N) is 2. The van der Waals surface area contributed by atoms with Gasteiger partial charge in [0, 0.05) is 13.1 Å². The van der Waals surface area contributed by atoms with Crippen LogP contribution in [-0.4, -0.2) is 35.8 Å². The fraction of sp³-hybridized carbons (Fsp3) is 0.444. The first kappa shape index (κ1) is 14.9. The van der Waals surface area contributed by atoms with E-state index in [4.69, 9.17) is 0 Å². The standard InChI is InChI=1S/C9H10F4N4O2/c1-14-6-3-2-5(17(18)19)7(16-6)15-4-9(12,13)8(10)11/h2-3,8H,4H2,1H3,(H2,14,15,16). The molecule has 0 aliphatic rings. The highest BCUT2D eigenvalue weighted by Gasteiger charge is 2.41. The second kappa shape index (κ2) is 5.67. The molecule has 0 radical (unpaired) electrons. The molecular formula is C9H10F4N4O2. The minimum absolute atomic E-state index is 0.175. The van der Waals surface area contributed by atoms with Crippen molar-refractivity contribution in [3.05, 3.63) is 22.2 Å². The van der Waals surface area contributed by atoms with Crippen LogP contribution in [0.3, 0.4) is 0 Å². The number of halogens is 4. The number of hydrogen-bond donors (Lipinski definition) is 2. The topological polar surface area (TPSA) is 80.1 Å². The van der Waals surface area contributed by atoms with Crippen LogP contribution in [0.15, 0.2) is 12.1 Å². The number of hydrogen-bond acceptors (Lipinski definition) is 5. The number of alkyl halides is 4. The van der Waals surface area contributed by atoms with Gasteiger partial charge < -0.3 is 10.6 Å². The fourth-order valence-electron chi connectivity index (χ4n) is 1.15. The highest BCUT2D eigenvalue weighted by Crippen LogP contribution is 2.27. The summed E-state index contributed by atoms with van der Waals surface area (Å²) in [4.78, 5) is 13.4. The van der Waals surface area contributed by atoms with Crippen LogP contribution >= 0.6 is 0 Å². The Bertz CT molecular complexity index is 470. The third-order valence-corrected chi connectivity index (χ3v) is 2.14. The lowest BCUT2D eigenvalue weighted by Crippen LogP contribution is -2.35. The largest absolute Gasteiger partial charge is 0.373 e. The number of rotatable bonds is 6. The fourth-order valence-corrected chi connectivity index (χ4v) is 1.15. The molecule has 6 nitrogen and oxygen atoms in total. The lowest BCUT2D eigenvalue weighted by Gasteiger charge is -2.16. The van der Waals surface area contributed by atoms with E-state index in [2.05, 4.69) is 10.3 Å². The summed E-state index contributed by atoms with van der Waals surface area (Å²) in [6, 6.07) is 2.29. The summed E-state index contributed by atoms with van der Waals surface area (Å²) in [5, 5.41) is 15.1. The van der Waals surface area contributed by atoms with E-state index in [1.807, 2.05) is 5.32 Å². The molecule has 0 aliphatic carbocycles. The first-order valence-corrected chi connectivity index (χ1v) is 5.01. The van der Waals surface area contributed by atoms with Crippen LogP contribution in [0.5, 0.6) is 0 Å². The molecule has 1 heterocycles. The molecule has 0 bridgehead atoms. The lowest BCUT2D eigenvalue weighted by molar-refractivity contribution is -0.384. The zero-order valence-electron chi connectivity index (χ0n) is 9.66. The van der Waals surface area contributed by atoms with Crippen LogP contribution in [-0.2, 0) is 0 Å². The molecule has 0 aliphatic heterocycles. The van der Waals surface area contributed by atoms with Crippen molar-refractivity contribution in [3.63, 3.8) is 0 Å². The maximum atomic E-state index is 12.7. The Morgan fingerprint density at radius 3 is 2.58 bits per heavy atom. The molecule has 0 fully saturated rings. The van der Waals surface area contributed by atoms with E-state index < -0.39 is 35.3 Å². The minimum Gasteiger partial charge on any atom is -0.373 e. The molecule has 0 saturated carbocycles. The SMILES string of the molecule is CNc1ccc([N+](=O)[O-])c(NCC(F)(F)C(F)F)n1. The van der Waals surface area contributed by atoms with Crippen LogP contribution in [0.25, 0.3) is 0 Å². The van der Waals surface area contributed by atoms with Gasteiger partial charge in [-0.15, -0.1) is 0 Å². The van der Waals surface area contributed by atoms with Gasteiger partial charge in [0.2, 0.25) is 5.82 Å². The third-order valence-electron chi connectivity index (χ3n) is 2.14. The maximum absolute atomic E-state index is 12.7. The van der Waals surface area contributed by atoms with Crippen LogP contribution in [0.4, 0.5) is 34.9 Å². The maximum Gasteiger partial charge on any atom is 0.324 e. The summed E-state index contributed by atoms with van der Waals surface area (Å²) in [5.74, 6) is -4.63.